The van der Waals surface area contributed by atoms with Crippen LogP contribution in [0.1, 0.15) is 25.7 Å². The summed E-state index contributed by atoms with van der Waals surface area (Å²) in [5.41, 5.74) is 5.37. The topological polar surface area (TPSA) is 44.5 Å². The van der Waals surface area contributed by atoms with Crippen LogP contribution in [0.25, 0.3) is 0 Å². The molecule has 1 fully saturated rings. The van der Waals surface area contributed by atoms with Crippen molar-refractivity contribution in [3.63, 3.8) is 0 Å². The van der Waals surface area contributed by atoms with Crippen LogP contribution in [-0.2, 0) is 9.47 Å². The van der Waals surface area contributed by atoms with Crippen molar-refractivity contribution in [2.45, 2.75) is 37.9 Å². The fourth-order valence-electron chi connectivity index (χ4n) is 1.74. The van der Waals surface area contributed by atoms with Gasteiger partial charge < -0.3 is 15.2 Å². The van der Waals surface area contributed by atoms with Crippen molar-refractivity contribution in [2.75, 3.05) is 20.3 Å². The lowest BCUT2D eigenvalue weighted by Crippen LogP contribution is -2.35. The number of ether oxygens (including phenoxy) is 2. The average molecular weight is 173 g/mol. The second-order valence-corrected chi connectivity index (χ2v) is 3.26. The molecule has 72 valence electrons. The Hall–Kier alpha value is -0.120. The Bertz CT molecular complexity index is 119. The molecule has 0 aromatic carbocycles. The van der Waals surface area contributed by atoms with Crippen molar-refractivity contribution >= 4 is 0 Å². The summed E-state index contributed by atoms with van der Waals surface area (Å²) in [6.07, 6.45) is 5.36. The summed E-state index contributed by atoms with van der Waals surface area (Å²) in [5.74, 6) is 0. The molecule has 1 aliphatic carbocycles. The van der Waals surface area contributed by atoms with E-state index in [2.05, 4.69) is 0 Å². The quantitative estimate of drug-likeness (QED) is 0.687. The molecule has 2 N–H and O–H groups in total. The van der Waals surface area contributed by atoms with Crippen LogP contribution in [-0.4, -0.2) is 32.5 Å². The first kappa shape index (κ1) is 9.96. The van der Waals surface area contributed by atoms with E-state index >= 15 is 0 Å². The molecule has 0 bridgehead atoms. The van der Waals surface area contributed by atoms with Crippen molar-refractivity contribution in [3.8, 4) is 0 Å². The molecule has 1 aliphatic rings. The molecule has 0 spiro atoms. The predicted molar refractivity (Wildman–Crippen MR) is 48.1 cm³/mol. The molecule has 2 atom stereocenters. The maximum Gasteiger partial charge on any atom is 0.0837 e. The van der Waals surface area contributed by atoms with Gasteiger partial charge in [0.05, 0.1) is 18.8 Å². The van der Waals surface area contributed by atoms with Crippen molar-refractivity contribution in [2.24, 2.45) is 5.73 Å². The van der Waals surface area contributed by atoms with E-state index in [9.17, 15) is 0 Å². The predicted octanol–water partition coefficient (Wildman–Crippen LogP) is 0.919. The second kappa shape index (κ2) is 5.51. The molecule has 0 heterocycles. The lowest BCUT2D eigenvalue weighted by atomic mass is 9.94. The van der Waals surface area contributed by atoms with E-state index in [4.69, 9.17) is 15.2 Å². The van der Waals surface area contributed by atoms with Crippen LogP contribution in [0.4, 0.5) is 0 Å². The zero-order chi connectivity index (χ0) is 8.81. The molecule has 0 radical (unpaired) electrons. The maximum atomic E-state index is 5.59. The normalized spacial score (nSPS) is 30.5. The lowest BCUT2D eigenvalue weighted by molar-refractivity contribution is -0.0742. The van der Waals surface area contributed by atoms with Gasteiger partial charge in [0.1, 0.15) is 0 Å². The van der Waals surface area contributed by atoms with E-state index in [0.717, 1.165) is 12.8 Å². The van der Waals surface area contributed by atoms with Crippen molar-refractivity contribution in [1.29, 1.82) is 0 Å². The highest BCUT2D eigenvalue weighted by Gasteiger charge is 2.24. The van der Waals surface area contributed by atoms with E-state index in [0.29, 0.717) is 19.3 Å². The summed E-state index contributed by atoms with van der Waals surface area (Å²) in [4.78, 5) is 0. The number of nitrogens with two attached hydrogens (primary N) is 1. The fraction of sp³-hybridized carbons (Fsp3) is 1.00. The largest absolute Gasteiger partial charge is 0.379 e. The van der Waals surface area contributed by atoms with Crippen LogP contribution in [0.2, 0.25) is 0 Å². The molecule has 0 saturated heterocycles. The van der Waals surface area contributed by atoms with E-state index in [-0.39, 0.29) is 6.10 Å². The minimum Gasteiger partial charge on any atom is -0.379 e. The molecule has 2 unspecified atom stereocenters. The Morgan fingerprint density at radius 1 is 1.25 bits per heavy atom. The van der Waals surface area contributed by atoms with Gasteiger partial charge in [-0.15, -0.1) is 0 Å². The van der Waals surface area contributed by atoms with Gasteiger partial charge in [0.25, 0.3) is 0 Å². The van der Waals surface area contributed by atoms with Crippen LogP contribution in [0.5, 0.6) is 0 Å². The molecule has 0 aromatic rings. The van der Waals surface area contributed by atoms with Crippen molar-refractivity contribution in [3.05, 3.63) is 0 Å². The number of rotatable bonds is 4. The molecule has 1 rings (SSSR count). The molecule has 3 heteroatoms. The zero-order valence-electron chi connectivity index (χ0n) is 7.79. The molecular formula is C9H19NO2. The van der Waals surface area contributed by atoms with Gasteiger partial charge in [0.15, 0.2) is 0 Å². The zero-order valence-corrected chi connectivity index (χ0v) is 7.79. The van der Waals surface area contributed by atoms with Crippen molar-refractivity contribution < 1.29 is 9.47 Å². The Labute approximate surface area is 74.2 Å². The summed E-state index contributed by atoms with van der Waals surface area (Å²) >= 11 is 0. The summed E-state index contributed by atoms with van der Waals surface area (Å²) in [7, 11) is 1.76. The summed E-state index contributed by atoms with van der Waals surface area (Å²) in [5, 5.41) is 0. The second-order valence-electron chi connectivity index (χ2n) is 3.26. The summed E-state index contributed by atoms with van der Waals surface area (Å²) in [6.45, 7) is 1.26. The van der Waals surface area contributed by atoms with Gasteiger partial charge in [-0.2, -0.15) is 0 Å². The SMILES string of the molecule is COC1CCCCC1OCCN. The Morgan fingerprint density at radius 3 is 2.50 bits per heavy atom. The first-order valence-electron chi connectivity index (χ1n) is 4.73. The molecule has 0 aliphatic heterocycles. The van der Waals surface area contributed by atoms with Crippen LogP contribution in [0.3, 0.4) is 0 Å². The molecular weight excluding hydrogens is 154 g/mol. The molecule has 1 saturated carbocycles. The molecule has 0 amide bonds. The highest BCUT2D eigenvalue weighted by atomic mass is 16.5. The number of methoxy groups -OCH3 is 1. The van der Waals surface area contributed by atoms with E-state index < -0.39 is 0 Å². The minimum absolute atomic E-state index is 0.285. The minimum atomic E-state index is 0.285. The van der Waals surface area contributed by atoms with Gasteiger partial charge in [-0.3, -0.25) is 0 Å². The van der Waals surface area contributed by atoms with Gasteiger partial charge in [0.2, 0.25) is 0 Å². The highest BCUT2D eigenvalue weighted by molar-refractivity contribution is 4.76. The standard InChI is InChI=1S/C9H19NO2/c1-11-8-4-2-3-5-9(8)12-7-6-10/h8-9H,2-7,10H2,1H3. The van der Waals surface area contributed by atoms with Crippen molar-refractivity contribution in [1.82, 2.24) is 0 Å². The fourth-order valence-corrected chi connectivity index (χ4v) is 1.74. The molecule has 12 heavy (non-hydrogen) atoms. The van der Waals surface area contributed by atoms with Gasteiger partial charge >= 0.3 is 0 Å². The van der Waals surface area contributed by atoms with Crippen LogP contribution in [0, 0.1) is 0 Å². The number of hydrogen-bond donors (Lipinski definition) is 1. The van der Waals surface area contributed by atoms with E-state index in [1.807, 2.05) is 0 Å². The highest BCUT2D eigenvalue weighted by Crippen LogP contribution is 2.22. The molecule has 0 aromatic heterocycles. The van der Waals surface area contributed by atoms with Gasteiger partial charge in [-0.25, -0.2) is 0 Å². The Kier molecular flexibility index (Phi) is 4.58. The smallest absolute Gasteiger partial charge is 0.0837 e. The average Bonchev–Trinajstić information content (AvgIpc) is 2.15. The van der Waals surface area contributed by atoms with E-state index in [1.165, 1.54) is 12.8 Å². The maximum absolute atomic E-state index is 5.59. The third kappa shape index (κ3) is 2.73. The third-order valence-corrected chi connectivity index (χ3v) is 2.39. The van der Waals surface area contributed by atoms with Gasteiger partial charge in [0, 0.05) is 13.7 Å². The molecule has 3 nitrogen and oxygen atoms in total. The first-order valence-corrected chi connectivity index (χ1v) is 4.73. The third-order valence-electron chi connectivity index (χ3n) is 2.39. The van der Waals surface area contributed by atoms with Gasteiger partial charge in [-0.1, -0.05) is 12.8 Å². The van der Waals surface area contributed by atoms with Crippen LogP contribution < -0.4 is 5.73 Å². The Balaban J connectivity index is 2.26. The van der Waals surface area contributed by atoms with Crippen LogP contribution in [0.15, 0.2) is 0 Å². The Morgan fingerprint density at radius 2 is 1.92 bits per heavy atom. The summed E-state index contributed by atoms with van der Waals surface area (Å²) in [6, 6.07) is 0. The first-order chi connectivity index (χ1) is 5.88. The van der Waals surface area contributed by atoms with Gasteiger partial charge in [-0.05, 0) is 12.8 Å². The van der Waals surface area contributed by atoms with E-state index in [1.54, 1.807) is 7.11 Å². The monoisotopic (exact) mass is 173 g/mol. The summed E-state index contributed by atoms with van der Waals surface area (Å²) < 4.78 is 10.9. The number of hydrogen-bond acceptors (Lipinski definition) is 3. The van der Waals surface area contributed by atoms with Crippen LogP contribution >= 0.6 is 0 Å². The lowest BCUT2D eigenvalue weighted by Gasteiger charge is -2.30.